The smallest absolute Gasteiger partial charge is 0.303 e. The van der Waals surface area contributed by atoms with Crippen LogP contribution in [0.3, 0.4) is 0 Å². The lowest BCUT2D eigenvalue weighted by molar-refractivity contribution is -0.185. The zero-order valence-corrected chi connectivity index (χ0v) is 19.1. The summed E-state index contributed by atoms with van der Waals surface area (Å²) in [6.07, 6.45) is 2.99. The average molecular weight is 437 g/mol. The van der Waals surface area contributed by atoms with Gasteiger partial charge in [0.2, 0.25) is 0 Å². The number of likely N-dealkylation sites (tertiary alicyclic amines) is 1. The second-order valence-electron chi connectivity index (χ2n) is 9.17. The van der Waals surface area contributed by atoms with Crippen molar-refractivity contribution in [1.82, 2.24) is 10.2 Å². The number of piperidine rings is 1. The Morgan fingerprint density at radius 2 is 1.88 bits per heavy atom. The summed E-state index contributed by atoms with van der Waals surface area (Å²) in [5, 5.41) is 3.25. The molecule has 6 nitrogen and oxygen atoms in total. The first-order valence-electron chi connectivity index (χ1n) is 11.3. The molecule has 1 aliphatic carbocycles. The van der Waals surface area contributed by atoms with E-state index in [0.29, 0.717) is 24.9 Å². The van der Waals surface area contributed by atoms with Crippen LogP contribution in [-0.2, 0) is 14.9 Å². The van der Waals surface area contributed by atoms with Crippen LogP contribution < -0.4 is 10.1 Å². The zero-order valence-electron chi connectivity index (χ0n) is 19.1. The molecular weight excluding hydrogens is 404 g/mol. The van der Waals surface area contributed by atoms with E-state index in [2.05, 4.69) is 29.4 Å². The highest BCUT2D eigenvalue weighted by molar-refractivity contribution is 5.94. The molecule has 1 aliphatic heterocycles. The topological polar surface area (TPSA) is 67.9 Å². The fourth-order valence-corrected chi connectivity index (χ4v) is 5.70. The van der Waals surface area contributed by atoms with E-state index in [1.807, 2.05) is 42.5 Å². The summed E-state index contributed by atoms with van der Waals surface area (Å²) < 4.78 is 11.7. The molecule has 1 amide bonds. The molecular formula is C26H32N2O4. The monoisotopic (exact) mass is 436 g/mol. The number of rotatable bonds is 5. The Labute approximate surface area is 189 Å². The number of likely N-dealkylation sites (N-methyl/N-ethyl adjacent to an activating group) is 1. The van der Waals surface area contributed by atoms with E-state index < -0.39 is 11.0 Å². The number of esters is 1. The first kappa shape index (κ1) is 22.3. The Bertz CT molecular complexity index is 979. The third kappa shape index (κ3) is 4.11. The number of hydrogen-bond acceptors (Lipinski definition) is 5. The van der Waals surface area contributed by atoms with Crippen LogP contribution in [0.1, 0.15) is 48.5 Å². The minimum atomic E-state index is -0.647. The van der Waals surface area contributed by atoms with E-state index in [4.69, 9.17) is 9.47 Å². The van der Waals surface area contributed by atoms with Crippen LogP contribution in [0.15, 0.2) is 54.6 Å². The number of amides is 1. The van der Waals surface area contributed by atoms with Crippen molar-refractivity contribution in [3.63, 3.8) is 0 Å². The summed E-state index contributed by atoms with van der Waals surface area (Å²) in [5.41, 5.74) is 0.701. The summed E-state index contributed by atoms with van der Waals surface area (Å²) in [4.78, 5) is 27.4. The summed E-state index contributed by atoms with van der Waals surface area (Å²) in [5.74, 6) is 0.451. The van der Waals surface area contributed by atoms with Gasteiger partial charge in [0.1, 0.15) is 11.4 Å². The summed E-state index contributed by atoms with van der Waals surface area (Å²) in [6, 6.07) is 17.4. The number of methoxy groups -OCH3 is 1. The van der Waals surface area contributed by atoms with Crippen molar-refractivity contribution in [1.29, 1.82) is 0 Å². The molecule has 32 heavy (non-hydrogen) atoms. The number of fused-ring (bicyclic) bond motifs is 1. The SMILES string of the molecule is COc1cccc(C23CCN(C)CC2(OC(C)=O)CC[C@H](NC(=O)c2ccccc2)C3)c1. The molecule has 1 N–H and O–H groups in total. The number of benzene rings is 2. The lowest BCUT2D eigenvalue weighted by Crippen LogP contribution is -2.68. The molecule has 2 aliphatic rings. The van der Waals surface area contributed by atoms with Crippen molar-refractivity contribution >= 4 is 11.9 Å². The fourth-order valence-electron chi connectivity index (χ4n) is 5.70. The number of ether oxygens (including phenoxy) is 2. The lowest BCUT2D eigenvalue weighted by Gasteiger charge is -2.59. The standard InChI is InChI=1S/C26H32N2O4/c1-19(29)32-26-13-12-22(27-24(30)20-8-5-4-6-9-20)17-25(26,14-15-28(2)18-26)21-10-7-11-23(16-21)31-3/h4-11,16,22H,12-15,17-18H2,1-3H3,(H,27,30)/t22-,25?,26?/m0/s1. The molecule has 0 aromatic heterocycles. The van der Waals surface area contributed by atoms with E-state index in [1.54, 1.807) is 7.11 Å². The zero-order chi connectivity index (χ0) is 22.8. The van der Waals surface area contributed by atoms with Crippen LogP contribution in [0.2, 0.25) is 0 Å². The summed E-state index contributed by atoms with van der Waals surface area (Å²) in [6.45, 7) is 3.05. The number of nitrogens with zero attached hydrogens (tertiary/aromatic N) is 1. The first-order chi connectivity index (χ1) is 15.4. The normalized spacial score (nSPS) is 27.8. The Balaban J connectivity index is 1.72. The number of carbonyl (C=O) groups excluding carboxylic acids is 2. The third-order valence-corrected chi connectivity index (χ3v) is 7.14. The van der Waals surface area contributed by atoms with Gasteiger partial charge in [-0.2, -0.15) is 0 Å². The van der Waals surface area contributed by atoms with Crippen molar-refractivity contribution in [2.24, 2.45) is 0 Å². The summed E-state index contributed by atoms with van der Waals surface area (Å²) in [7, 11) is 3.73. The van der Waals surface area contributed by atoms with Gasteiger partial charge in [-0.15, -0.1) is 0 Å². The first-order valence-corrected chi connectivity index (χ1v) is 11.3. The van der Waals surface area contributed by atoms with Crippen molar-refractivity contribution < 1.29 is 19.1 Å². The van der Waals surface area contributed by atoms with Crippen molar-refractivity contribution in [2.45, 2.75) is 49.7 Å². The van der Waals surface area contributed by atoms with Gasteiger partial charge in [-0.25, -0.2) is 0 Å². The van der Waals surface area contributed by atoms with Crippen LogP contribution in [0.4, 0.5) is 0 Å². The molecule has 2 unspecified atom stereocenters. The van der Waals surface area contributed by atoms with Crippen LogP contribution in [0, 0.1) is 0 Å². The highest BCUT2D eigenvalue weighted by Crippen LogP contribution is 2.54. The lowest BCUT2D eigenvalue weighted by atomic mass is 9.55. The molecule has 2 aromatic carbocycles. The Morgan fingerprint density at radius 3 is 2.59 bits per heavy atom. The van der Waals surface area contributed by atoms with Gasteiger partial charge in [-0.05, 0) is 69.1 Å². The highest BCUT2D eigenvalue weighted by atomic mass is 16.6. The molecule has 4 rings (SSSR count). The maximum atomic E-state index is 12.9. The van der Waals surface area contributed by atoms with E-state index in [0.717, 1.165) is 30.7 Å². The van der Waals surface area contributed by atoms with Crippen molar-refractivity contribution in [2.75, 3.05) is 27.2 Å². The predicted octanol–water partition coefficient (Wildman–Crippen LogP) is 3.55. The number of nitrogens with one attached hydrogen (secondary N) is 1. The quantitative estimate of drug-likeness (QED) is 0.726. The molecule has 170 valence electrons. The second-order valence-corrected chi connectivity index (χ2v) is 9.17. The molecule has 0 bridgehead atoms. The van der Waals surface area contributed by atoms with E-state index in [1.165, 1.54) is 6.92 Å². The summed E-state index contributed by atoms with van der Waals surface area (Å²) >= 11 is 0. The molecule has 2 aromatic rings. The number of hydrogen-bond donors (Lipinski definition) is 1. The molecule has 0 radical (unpaired) electrons. The minimum absolute atomic E-state index is 0.0130. The molecule has 1 heterocycles. The minimum Gasteiger partial charge on any atom is -0.497 e. The van der Waals surface area contributed by atoms with Crippen LogP contribution >= 0.6 is 0 Å². The van der Waals surface area contributed by atoms with Gasteiger partial charge >= 0.3 is 5.97 Å². The van der Waals surface area contributed by atoms with Gasteiger partial charge in [-0.3, -0.25) is 9.59 Å². The fraction of sp³-hybridized carbons (Fsp3) is 0.462. The molecule has 1 saturated heterocycles. The van der Waals surface area contributed by atoms with Crippen molar-refractivity contribution in [3.05, 3.63) is 65.7 Å². The van der Waals surface area contributed by atoms with E-state index in [-0.39, 0.29) is 17.9 Å². The Kier molecular flexibility index (Phi) is 6.24. The maximum Gasteiger partial charge on any atom is 0.303 e. The van der Waals surface area contributed by atoms with Crippen LogP contribution in [0.5, 0.6) is 5.75 Å². The number of carbonyl (C=O) groups is 2. The molecule has 3 atom stereocenters. The highest BCUT2D eigenvalue weighted by Gasteiger charge is 2.60. The van der Waals surface area contributed by atoms with Gasteiger partial charge in [0.25, 0.3) is 5.91 Å². The van der Waals surface area contributed by atoms with E-state index >= 15 is 0 Å². The Hall–Kier alpha value is -2.86. The second kappa shape index (κ2) is 8.94. The van der Waals surface area contributed by atoms with Gasteiger partial charge in [-0.1, -0.05) is 30.3 Å². The van der Waals surface area contributed by atoms with Crippen LogP contribution in [0.25, 0.3) is 0 Å². The van der Waals surface area contributed by atoms with Crippen LogP contribution in [-0.4, -0.2) is 55.7 Å². The largest absolute Gasteiger partial charge is 0.497 e. The average Bonchev–Trinajstić information content (AvgIpc) is 2.79. The third-order valence-electron chi connectivity index (χ3n) is 7.14. The predicted molar refractivity (Wildman–Crippen MR) is 123 cm³/mol. The van der Waals surface area contributed by atoms with Gasteiger partial charge in [0.15, 0.2) is 0 Å². The molecule has 0 spiro atoms. The van der Waals surface area contributed by atoms with Gasteiger partial charge < -0.3 is 19.7 Å². The molecule has 2 fully saturated rings. The molecule has 1 saturated carbocycles. The van der Waals surface area contributed by atoms with E-state index in [9.17, 15) is 9.59 Å². The van der Waals surface area contributed by atoms with Gasteiger partial charge in [0, 0.05) is 30.5 Å². The van der Waals surface area contributed by atoms with Gasteiger partial charge in [0.05, 0.1) is 7.11 Å². The maximum absolute atomic E-state index is 12.9. The Morgan fingerprint density at radius 1 is 1.09 bits per heavy atom. The molecule has 6 heteroatoms. The van der Waals surface area contributed by atoms with Crippen molar-refractivity contribution in [3.8, 4) is 5.75 Å².